The SMILES string of the molecule is CC1CCC(CCC(=O)N2CCCCC2C(C)N)O1.Cl. The molecule has 2 aliphatic heterocycles. The van der Waals surface area contributed by atoms with Gasteiger partial charge in [0.1, 0.15) is 0 Å². The zero-order chi connectivity index (χ0) is 13.8. The summed E-state index contributed by atoms with van der Waals surface area (Å²) >= 11 is 0. The summed E-state index contributed by atoms with van der Waals surface area (Å²) in [7, 11) is 0. The number of nitrogens with two attached hydrogens (primary N) is 1. The highest BCUT2D eigenvalue weighted by atomic mass is 35.5. The van der Waals surface area contributed by atoms with E-state index in [1.807, 2.05) is 11.8 Å². The monoisotopic (exact) mass is 304 g/mol. The minimum atomic E-state index is 0. The maximum Gasteiger partial charge on any atom is 0.222 e. The summed E-state index contributed by atoms with van der Waals surface area (Å²) in [5.41, 5.74) is 6.01. The Balaban J connectivity index is 0.00000200. The zero-order valence-corrected chi connectivity index (χ0v) is 13.5. The predicted molar refractivity (Wildman–Crippen MR) is 83.1 cm³/mol. The number of carbonyl (C=O) groups is 1. The number of halogens is 1. The van der Waals surface area contributed by atoms with E-state index >= 15 is 0 Å². The van der Waals surface area contributed by atoms with E-state index in [2.05, 4.69) is 6.92 Å². The van der Waals surface area contributed by atoms with Crippen LogP contribution in [0.15, 0.2) is 0 Å². The number of carbonyl (C=O) groups excluding carboxylic acids is 1. The van der Waals surface area contributed by atoms with Gasteiger partial charge in [0.2, 0.25) is 5.91 Å². The zero-order valence-electron chi connectivity index (χ0n) is 12.7. The van der Waals surface area contributed by atoms with Crippen LogP contribution < -0.4 is 5.73 Å². The summed E-state index contributed by atoms with van der Waals surface area (Å²) < 4.78 is 5.78. The van der Waals surface area contributed by atoms with Gasteiger partial charge in [0.15, 0.2) is 0 Å². The van der Waals surface area contributed by atoms with Crippen LogP contribution >= 0.6 is 12.4 Å². The molecule has 118 valence electrons. The van der Waals surface area contributed by atoms with Gasteiger partial charge in [-0.3, -0.25) is 4.79 Å². The van der Waals surface area contributed by atoms with Crippen LogP contribution in [-0.2, 0) is 9.53 Å². The van der Waals surface area contributed by atoms with E-state index < -0.39 is 0 Å². The molecule has 2 heterocycles. The van der Waals surface area contributed by atoms with Crippen molar-refractivity contribution in [3.8, 4) is 0 Å². The first-order valence-electron chi connectivity index (χ1n) is 7.78. The molecule has 4 atom stereocenters. The molecular weight excluding hydrogens is 276 g/mol. The van der Waals surface area contributed by atoms with Crippen LogP contribution in [0.25, 0.3) is 0 Å². The van der Waals surface area contributed by atoms with Gasteiger partial charge in [0, 0.05) is 25.0 Å². The van der Waals surface area contributed by atoms with Crippen LogP contribution in [0.3, 0.4) is 0 Å². The molecule has 1 amide bonds. The Morgan fingerprint density at radius 1 is 1.35 bits per heavy atom. The van der Waals surface area contributed by atoms with Gasteiger partial charge in [-0.2, -0.15) is 0 Å². The quantitative estimate of drug-likeness (QED) is 0.868. The number of piperidine rings is 1. The first-order valence-corrected chi connectivity index (χ1v) is 7.78. The van der Waals surface area contributed by atoms with Gasteiger partial charge in [0.25, 0.3) is 0 Å². The molecule has 2 rings (SSSR count). The molecule has 0 aromatic rings. The van der Waals surface area contributed by atoms with Crippen molar-refractivity contribution in [2.45, 2.75) is 83.1 Å². The van der Waals surface area contributed by atoms with E-state index in [1.54, 1.807) is 0 Å². The lowest BCUT2D eigenvalue weighted by Crippen LogP contribution is -2.51. The number of nitrogens with zero attached hydrogens (tertiary/aromatic N) is 1. The third-order valence-corrected chi connectivity index (χ3v) is 4.48. The highest BCUT2D eigenvalue weighted by Gasteiger charge is 2.30. The summed E-state index contributed by atoms with van der Waals surface area (Å²) in [5, 5.41) is 0. The molecule has 0 aromatic heterocycles. The topological polar surface area (TPSA) is 55.6 Å². The van der Waals surface area contributed by atoms with Gasteiger partial charge < -0.3 is 15.4 Å². The van der Waals surface area contributed by atoms with E-state index in [0.29, 0.717) is 12.5 Å². The molecule has 2 fully saturated rings. The summed E-state index contributed by atoms with van der Waals surface area (Å²) in [5.74, 6) is 0.269. The van der Waals surface area contributed by atoms with Gasteiger partial charge in [-0.25, -0.2) is 0 Å². The van der Waals surface area contributed by atoms with Crippen LogP contribution in [0.2, 0.25) is 0 Å². The van der Waals surface area contributed by atoms with Gasteiger partial charge in [-0.05, 0) is 52.4 Å². The Bertz CT molecular complexity index is 312. The number of rotatable bonds is 4. The Labute approximate surface area is 128 Å². The van der Waals surface area contributed by atoms with Gasteiger partial charge in [0.05, 0.1) is 12.2 Å². The fraction of sp³-hybridized carbons (Fsp3) is 0.933. The van der Waals surface area contributed by atoms with Crippen LogP contribution in [0.5, 0.6) is 0 Å². The Morgan fingerprint density at radius 3 is 2.70 bits per heavy atom. The number of amides is 1. The molecule has 0 radical (unpaired) electrons. The van der Waals surface area contributed by atoms with Crippen molar-refractivity contribution in [3.63, 3.8) is 0 Å². The molecule has 0 aromatic carbocycles. The highest BCUT2D eigenvalue weighted by Crippen LogP contribution is 2.24. The third-order valence-electron chi connectivity index (χ3n) is 4.48. The molecule has 20 heavy (non-hydrogen) atoms. The smallest absolute Gasteiger partial charge is 0.222 e. The Kier molecular flexibility index (Phi) is 7.27. The van der Waals surface area contributed by atoms with Gasteiger partial charge >= 0.3 is 0 Å². The highest BCUT2D eigenvalue weighted by molar-refractivity contribution is 5.85. The molecule has 2 N–H and O–H groups in total. The molecule has 5 heteroatoms. The summed E-state index contributed by atoms with van der Waals surface area (Å²) in [6, 6.07) is 0.316. The first-order chi connectivity index (χ1) is 9.08. The van der Waals surface area contributed by atoms with Crippen LogP contribution in [0.1, 0.15) is 58.8 Å². The second-order valence-corrected chi connectivity index (χ2v) is 6.19. The molecule has 2 saturated heterocycles. The van der Waals surface area contributed by atoms with Crippen molar-refractivity contribution in [2.75, 3.05) is 6.54 Å². The lowest BCUT2D eigenvalue weighted by Gasteiger charge is -2.38. The summed E-state index contributed by atoms with van der Waals surface area (Å²) in [4.78, 5) is 14.4. The minimum Gasteiger partial charge on any atom is -0.375 e. The summed E-state index contributed by atoms with van der Waals surface area (Å²) in [6.07, 6.45) is 7.73. The van der Waals surface area contributed by atoms with E-state index in [0.717, 1.165) is 38.6 Å². The van der Waals surface area contributed by atoms with Crippen LogP contribution in [-0.4, -0.2) is 41.6 Å². The molecule has 0 bridgehead atoms. The number of ether oxygens (including phenoxy) is 1. The van der Waals surface area contributed by atoms with E-state index in [-0.39, 0.29) is 36.5 Å². The van der Waals surface area contributed by atoms with Crippen LogP contribution in [0.4, 0.5) is 0 Å². The Morgan fingerprint density at radius 2 is 2.10 bits per heavy atom. The van der Waals surface area contributed by atoms with Crippen LogP contribution in [0, 0.1) is 0 Å². The van der Waals surface area contributed by atoms with Gasteiger partial charge in [-0.15, -0.1) is 12.4 Å². The number of likely N-dealkylation sites (tertiary alicyclic amines) is 1. The van der Waals surface area contributed by atoms with E-state index in [1.165, 1.54) is 6.42 Å². The van der Waals surface area contributed by atoms with Gasteiger partial charge in [-0.1, -0.05) is 0 Å². The fourth-order valence-corrected chi connectivity index (χ4v) is 3.34. The normalized spacial score (nSPS) is 31.8. The Hall–Kier alpha value is -0.320. The second-order valence-electron chi connectivity index (χ2n) is 6.19. The fourth-order valence-electron chi connectivity index (χ4n) is 3.34. The summed E-state index contributed by atoms with van der Waals surface area (Å²) in [6.45, 7) is 5.00. The first kappa shape index (κ1) is 17.7. The lowest BCUT2D eigenvalue weighted by atomic mass is 9.96. The molecule has 0 aliphatic carbocycles. The molecule has 4 nitrogen and oxygen atoms in total. The third kappa shape index (κ3) is 4.61. The molecule has 0 spiro atoms. The maximum atomic E-state index is 12.4. The van der Waals surface area contributed by atoms with Crippen molar-refractivity contribution < 1.29 is 9.53 Å². The average Bonchev–Trinajstić information content (AvgIpc) is 2.81. The standard InChI is InChI=1S/C15H28N2O2.ClH/c1-11-6-7-13(19-11)8-9-15(18)17-10-4-3-5-14(17)12(2)16;/h11-14H,3-10,16H2,1-2H3;1H. The van der Waals surface area contributed by atoms with Crippen molar-refractivity contribution in [3.05, 3.63) is 0 Å². The second kappa shape index (κ2) is 8.20. The van der Waals surface area contributed by atoms with Crippen molar-refractivity contribution >= 4 is 18.3 Å². The number of hydrogen-bond acceptors (Lipinski definition) is 3. The lowest BCUT2D eigenvalue weighted by molar-refractivity contribution is -0.136. The van der Waals surface area contributed by atoms with Crippen molar-refractivity contribution in [2.24, 2.45) is 5.73 Å². The van der Waals surface area contributed by atoms with Crippen molar-refractivity contribution in [1.29, 1.82) is 0 Å². The minimum absolute atomic E-state index is 0. The molecule has 0 saturated carbocycles. The largest absolute Gasteiger partial charge is 0.375 e. The average molecular weight is 305 g/mol. The predicted octanol–water partition coefficient (Wildman–Crippen LogP) is 2.48. The molecule has 4 unspecified atom stereocenters. The molecule has 2 aliphatic rings. The van der Waals surface area contributed by atoms with Crippen molar-refractivity contribution in [1.82, 2.24) is 4.90 Å². The number of hydrogen-bond donors (Lipinski definition) is 1. The molecular formula is C15H29ClN2O2. The van der Waals surface area contributed by atoms with E-state index in [4.69, 9.17) is 10.5 Å². The maximum absolute atomic E-state index is 12.4. The van der Waals surface area contributed by atoms with E-state index in [9.17, 15) is 4.79 Å².